The van der Waals surface area contributed by atoms with Crippen LogP contribution in [0.5, 0.6) is 0 Å². The van der Waals surface area contributed by atoms with Crippen molar-refractivity contribution >= 4 is 6.29 Å². The van der Waals surface area contributed by atoms with E-state index < -0.39 is 0 Å². The van der Waals surface area contributed by atoms with Crippen LogP contribution in [0.4, 0.5) is 0 Å². The summed E-state index contributed by atoms with van der Waals surface area (Å²) in [5.74, 6) is 0. The molecule has 1 aliphatic rings. The molecular formula is C7H12NO. The van der Waals surface area contributed by atoms with Crippen molar-refractivity contribution in [2.75, 3.05) is 13.6 Å². The van der Waals surface area contributed by atoms with E-state index in [0.717, 1.165) is 6.54 Å². The standard InChI is InChI=1S/C7H12NO/c1-8-5-2-3-7(8)4-6-9/h7H,2-5H2,1H3. The highest BCUT2D eigenvalue weighted by molar-refractivity contribution is 5.51. The fraction of sp³-hybridized carbons (Fsp3) is 0.857. The molecule has 0 bridgehead atoms. The van der Waals surface area contributed by atoms with Crippen molar-refractivity contribution < 1.29 is 4.79 Å². The van der Waals surface area contributed by atoms with Gasteiger partial charge in [0.2, 0.25) is 0 Å². The maximum atomic E-state index is 9.95. The molecule has 1 rings (SSSR count). The average molecular weight is 126 g/mol. The Balaban J connectivity index is 2.30. The normalized spacial score (nSPS) is 28.8. The zero-order valence-electron chi connectivity index (χ0n) is 5.76. The molecule has 0 aliphatic carbocycles. The minimum Gasteiger partial charge on any atom is -0.303 e. The third kappa shape index (κ3) is 1.52. The summed E-state index contributed by atoms with van der Waals surface area (Å²) >= 11 is 0. The first kappa shape index (κ1) is 6.75. The second-order valence-electron chi connectivity index (χ2n) is 2.63. The van der Waals surface area contributed by atoms with E-state index in [0.29, 0.717) is 12.5 Å². The monoisotopic (exact) mass is 126 g/mol. The van der Waals surface area contributed by atoms with Crippen LogP contribution >= 0.6 is 0 Å². The van der Waals surface area contributed by atoms with Crippen molar-refractivity contribution in [3.63, 3.8) is 0 Å². The second kappa shape index (κ2) is 2.97. The molecule has 0 saturated carbocycles. The number of hydrogen-bond donors (Lipinski definition) is 0. The molecule has 0 aromatic rings. The van der Waals surface area contributed by atoms with Crippen molar-refractivity contribution in [1.29, 1.82) is 0 Å². The van der Waals surface area contributed by atoms with Crippen LogP contribution in [-0.4, -0.2) is 30.8 Å². The summed E-state index contributed by atoms with van der Waals surface area (Å²) in [4.78, 5) is 12.2. The van der Waals surface area contributed by atoms with E-state index in [1.165, 1.54) is 12.8 Å². The maximum absolute atomic E-state index is 9.95. The number of carbonyl (C=O) groups excluding carboxylic acids is 1. The number of nitrogens with zero attached hydrogens (tertiary/aromatic N) is 1. The van der Waals surface area contributed by atoms with Crippen LogP contribution in [0.1, 0.15) is 19.3 Å². The molecule has 0 N–H and O–H groups in total. The van der Waals surface area contributed by atoms with E-state index in [2.05, 4.69) is 11.9 Å². The predicted molar refractivity (Wildman–Crippen MR) is 36.0 cm³/mol. The SMILES string of the molecule is CN1CCCC1C[C]=O. The molecule has 0 aromatic heterocycles. The van der Waals surface area contributed by atoms with E-state index in [1.54, 1.807) is 0 Å². The quantitative estimate of drug-likeness (QED) is 0.539. The van der Waals surface area contributed by atoms with Gasteiger partial charge in [-0.1, -0.05) is 0 Å². The van der Waals surface area contributed by atoms with E-state index in [-0.39, 0.29) is 0 Å². The summed E-state index contributed by atoms with van der Waals surface area (Å²) in [5, 5.41) is 0. The first-order valence-electron chi connectivity index (χ1n) is 3.40. The molecule has 1 heterocycles. The molecule has 0 amide bonds. The van der Waals surface area contributed by atoms with Gasteiger partial charge < -0.3 is 4.90 Å². The van der Waals surface area contributed by atoms with Crippen LogP contribution in [0.2, 0.25) is 0 Å². The Morgan fingerprint density at radius 2 is 2.56 bits per heavy atom. The lowest BCUT2D eigenvalue weighted by molar-refractivity contribution is 0.315. The van der Waals surface area contributed by atoms with Crippen molar-refractivity contribution in [2.45, 2.75) is 25.3 Å². The molecule has 1 atom stereocenters. The Morgan fingerprint density at radius 1 is 1.78 bits per heavy atom. The van der Waals surface area contributed by atoms with Gasteiger partial charge in [0, 0.05) is 12.5 Å². The fourth-order valence-electron chi connectivity index (χ4n) is 1.33. The Morgan fingerprint density at radius 3 is 3.00 bits per heavy atom. The predicted octanol–water partition coefficient (Wildman–Crippen LogP) is 0.580. The summed E-state index contributed by atoms with van der Waals surface area (Å²) in [5.41, 5.74) is 0. The summed E-state index contributed by atoms with van der Waals surface area (Å²) in [6, 6.07) is 0.488. The van der Waals surface area contributed by atoms with Gasteiger partial charge in [-0.05, 0) is 26.4 Å². The van der Waals surface area contributed by atoms with Crippen LogP contribution in [0.25, 0.3) is 0 Å². The van der Waals surface area contributed by atoms with Gasteiger partial charge in [0.05, 0.1) is 0 Å². The second-order valence-corrected chi connectivity index (χ2v) is 2.63. The van der Waals surface area contributed by atoms with Crippen molar-refractivity contribution in [2.24, 2.45) is 0 Å². The smallest absolute Gasteiger partial charge is 0.200 e. The minimum absolute atomic E-state index is 0.488. The van der Waals surface area contributed by atoms with Gasteiger partial charge in [-0.15, -0.1) is 0 Å². The highest BCUT2D eigenvalue weighted by Crippen LogP contribution is 2.15. The topological polar surface area (TPSA) is 20.3 Å². The van der Waals surface area contributed by atoms with Gasteiger partial charge in [-0.3, -0.25) is 4.79 Å². The third-order valence-electron chi connectivity index (χ3n) is 1.99. The molecule has 1 radical (unpaired) electrons. The van der Waals surface area contributed by atoms with Gasteiger partial charge in [-0.2, -0.15) is 0 Å². The number of rotatable bonds is 2. The number of hydrogen-bond acceptors (Lipinski definition) is 2. The molecule has 1 unspecified atom stereocenters. The van der Waals surface area contributed by atoms with Gasteiger partial charge in [-0.25, -0.2) is 0 Å². The van der Waals surface area contributed by atoms with Crippen LogP contribution < -0.4 is 0 Å². The highest BCUT2D eigenvalue weighted by Gasteiger charge is 2.19. The Kier molecular flexibility index (Phi) is 2.22. The summed E-state index contributed by atoms with van der Waals surface area (Å²) in [6.07, 6.45) is 4.95. The molecule has 1 aliphatic heterocycles. The molecule has 2 heteroatoms. The zero-order chi connectivity index (χ0) is 6.69. The van der Waals surface area contributed by atoms with Crippen LogP contribution in [0.3, 0.4) is 0 Å². The third-order valence-corrected chi connectivity index (χ3v) is 1.99. The van der Waals surface area contributed by atoms with Gasteiger partial charge in [0.15, 0.2) is 6.29 Å². The molecule has 9 heavy (non-hydrogen) atoms. The van der Waals surface area contributed by atoms with Crippen molar-refractivity contribution in [3.8, 4) is 0 Å². The van der Waals surface area contributed by atoms with E-state index in [9.17, 15) is 4.79 Å². The van der Waals surface area contributed by atoms with Gasteiger partial charge in [0.1, 0.15) is 0 Å². The molecular weight excluding hydrogens is 114 g/mol. The first-order chi connectivity index (χ1) is 4.34. The van der Waals surface area contributed by atoms with Crippen LogP contribution in [-0.2, 0) is 4.79 Å². The Labute approximate surface area is 55.8 Å². The Hall–Kier alpha value is -0.370. The zero-order valence-corrected chi connectivity index (χ0v) is 5.76. The van der Waals surface area contributed by atoms with Crippen LogP contribution in [0.15, 0.2) is 0 Å². The molecule has 1 saturated heterocycles. The van der Waals surface area contributed by atoms with Crippen molar-refractivity contribution in [1.82, 2.24) is 4.90 Å². The van der Waals surface area contributed by atoms with Crippen LogP contribution in [0, 0.1) is 0 Å². The molecule has 2 nitrogen and oxygen atoms in total. The lowest BCUT2D eigenvalue weighted by Gasteiger charge is -2.15. The van der Waals surface area contributed by atoms with Gasteiger partial charge in [0.25, 0.3) is 0 Å². The average Bonchev–Trinajstić information content (AvgIpc) is 2.18. The molecule has 0 aromatic carbocycles. The van der Waals surface area contributed by atoms with Crippen molar-refractivity contribution in [3.05, 3.63) is 0 Å². The maximum Gasteiger partial charge on any atom is 0.200 e. The summed E-state index contributed by atoms with van der Waals surface area (Å²) in [7, 11) is 2.06. The lowest BCUT2D eigenvalue weighted by Crippen LogP contribution is -2.24. The summed E-state index contributed by atoms with van der Waals surface area (Å²) in [6.45, 7) is 1.15. The highest BCUT2D eigenvalue weighted by atomic mass is 16.1. The largest absolute Gasteiger partial charge is 0.303 e. The molecule has 51 valence electrons. The molecule has 0 spiro atoms. The summed E-state index contributed by atoms with van der Waals surface area (Å²) < 4.78 is 0. The minimum atomic E-state index is 0.488. The van der Waals surface area contributed by atoms with Gasteiger partial charge >= 0.3 is 0 Å². The Bertz CT molecular complexity index is 103. The van der Waals surface area contributed by atoms with E-state index in [4.69, 9.17) is 0 Å². The molecule has 1 fully saturated rings. The van der Waals surface area contributed by atoms with E-state index in [1.807, 2.05) is 6.29 Å². The lowest BCUT2D eigenvalue weighted by atomic mass is 10.2. The number of likely N-dealkylation sites (tertiary alicyclic amines) is 1. The van der Waals surface area contributed by atoms with E-state index >= 15 is 0 Å². The fourth-order valence-corrected chi connectivity index (χ4v) is 1.33. The first-order valence-corrected chi connectivity index (χ1v) is 3.40.